The quantitative estimate of drug-likeness (QED) is 0.423. The fourth-order valence-corrected chi connectivity index (χ4v) is 3.52. The number of benzene rings is 2. The number of nitrogens with one attached hydrogen (secondary N) is 3. The lowest BCUT2D eigenvalue weighted by atomic mass is 9.85. The van der Waals surface area contributed by atoms with Gasteiger partial charge >= 0.3 is 5.97 Å². The molecule has 7 nitrogen and oxygen atoms in total. The van der Waals surface area contributed by atoms with Crippen molar-refractivity contribution in [3.05, 3.63) is 59.2 Å². The third kappa shape index (κ3) is 8.55. The number of hydrogen-bond acceptors (Lipinski definition) is 5. The number of sulfonamides is 1. The second-order valence-electron chi connectivity index (χ2n) is 8.27. The zero-order valence-electron chi connectivity index (χ0n) is 18.4. The average Bonchev–Trinajstić information content (AvgIpc) is 2.64. The van der Waals surface area contributed by atoms with Gasteiger partial charge in [0.2, 0.25) is 10.0 Å². The summed E-state index contributed by atoms with van der Waals surface area (Å²) in [6.45, 7) is 8.44. The highest BCUT2D eigenvalue weighted by Crippen LogP contribution is 2.25. The molecular formula is C22H29N3O4S2. The third-order valence-corrected chi connectivity index (χ3v) is 5.24. The van der Waals surface area contributed by atoms with Crippen LogP contribution in [0.4, 0.5) is 11.4 Å². The summed E-state index contributed by atoms with van der Waals surface area (Å²) in [7, 11) is -3.32. The van der Waals surface area contributed by atoms with E-state index in [1.807, 2.05) is 6.07 Å². The number of carbonyl (C=O) groups is 1. The Morgan fingerprint density at radius 1 is 1.03 bits per heavy atom. The SMILES string of the molecule is CC(=O)OCc1cc(C(C)(C)C)ccc1CNC(=S)Nc1ccc(NS(C)(=O)=O)cc1. The lowest BCUT2D eigenvalue weighted by Gasteiger charge is -2.22. The van der Waals surface area contributed by atoms with E-state index in [4.69, 9.17) is 17.0 Å². The Bertz CT molecular complexity index is 1040. The first kappa shape index (κ1) is 24.6. The molecule has 0 aliphatic heterocycles. The highest BCUT2D eigenvalue weighted by atomic mass is 32.2. The van der Waals surface area contributed by atoms with Crippen LogP contribution in [0.3, 0.4) is 0 Å². The van der Waals surface area contributed by atoms with Crippen molar-refractivity contribution in [1.29, 1.82) is 0 Å². The van der Waals surface area contributed by atoms with Gasteiger partial charge in [0, 0.05) is 24.8 Å². The molecule has 3 N–H and O–H groups in total. The Morgan fingerprint density at radius 2 is 1.65 bits per heavy atom. The van der Waals surface area contributed by atoms with E-state index in [0.717, 1.165) is 28.6 Å². The predicted molar refractivity (Wildman–Crippen MR) is 129 cm³/mol. The van der Waals surface area contributed by atoms with Crippen molar-refractivity contribution in [3.63, 3.8) is 0 Å². The molecular weight excluding hydrogens is 434 g/mol. The molecule has 0 aromatic heterocycles. The Labute approximate surface area is 189 Å². The van der Waals surface area contributed by atoms with E-state index in [1.165, 1.54) is 6.92 Å². The fourth-order valence-electron chi connectivity index (χ4n) is 2.77. The van der Waals surface area contributed by atoms with Gasteiger partial charge in [-0.25, -0.2) is 8.42 Å². The van der Waals surface area contributed by atoms with Gasteiger partial charge in [0.05, 0.1) is 6.26 Å². The summed E-state index contributed by atoms with van der Waals surface area (Å²) in [6, 6.07) is 12.9. The monoisotopic (exact) mass is 463 g/mol. The van der Waals surface area contributed by atoms with E-state index >= 15 is 0 Å². The number of ether oxygens (including phenoxy) is 1. The van der Waals surface area contributed by atoms with Crippen molar-refractivity contribution in [1.82, 2.24) is 5.32 Å². The summed E-state index contributed by atoms with van der Waals surface area (Å²) in [6.07, 6.45) is 1.10. The van der Waals surface area contributed by atoms with Crippen LogP contribution >= 0.6 is 12.2 Å². The van der Waals surface area contributed by atoms with Gasteiger partial charge < -0.3 is 15.4 Å². The first-order valence-corrected chi connectivity index (χ1v) is 12.0. The molecule has 0 heterocycles. The molecule has 2 aromatic carbocycles. The van der Waals surface area contributed by atoms with Crippen molar-refractivity contribution < 1.29 is 17.9 Å². The van der Waals surface area contributed by atoms with Crippen molar-refractivity contribution >= 4 is 44.7 Å². The van der Waals surface area contributed by atoms with Gasteiger partial charge in [-0.05, 0) is 58.6 Å². The maximum atomic E-state index is 11.3. The Kier molecular flexibility index (Phi) is 8.02. The predicted octanol–water partition coefficient (Wildman–Crippen LogP) is 3.91. The van der Waals surface area contributed by atoms with Crippen LogP contribution in [0.25, 0.3) is 0 Å². The molecule has 168 valence electrons. The van der Waals surface area contributed by atoms with E-state index in [0.29, 0.717) is 17.3 Å². The molecule has 31 heavy (non-hydrogen) atoms. The van der Waals surface area contributed by atoms with Gasteiger partial charge in [-0.3, -0.25) is 9.52 Å². The minimum Gasteiger partial charge on any atom is -0.461 e. The van der Waals surface area contributed by atoms with Gasteiger partial charge in [-0.2, -0.15) is 0 Å². The normalized spacial score (nSPS) is 11.5. The molecule has 0 atom stereocenters. The van der Waals surface area contributed by atoms with Crippen molar-refractivity contribution in [2.75, 3.05) is 16.3 Å². The lowest BCUT2D eigenvalue weighted by molar-refractivity contribution is -0.142. The maximum Gasteiger partial charge on any atom is 0.302 e. The number of thiocarbonyl (C=S) groups is 1. The summed E-state index contributed by atoms with van der Waals surface area (Å²) in [5.74, 6) is -0.328. The van der Waals surface area contributed by atoms with Gasteiger partial charge in [0.15, 0.2) is 5.11 Å². The van der Waals surface area contributed by atoms with Crippen molar-refractivity contribution in [3.8, 4) is 0 Å². The Morgan fingerprint density at radius 3 is 2.19 bits per heavy atom. The first-order valence-electron chi connectivity index (χ1n) is 9.72. The molecule has 0 spiro atoms. The van der Waals surface area contributed by atoms with Gasteiger partial charge in [0.25, 0.3) is 0 Å². The van der Waals surface area contributed by atoms with Gasteiger partial charge in [0.1, 0.15) is 6.61 Å². The molecule has 0 bridgehead atoms. The summed E-state index contributed by atoms with van der Waals surface area (Å²) < 4.78 is 30.2. The number of anilines is 2. The van der Waals surface area contributed by atoms with Crippen LogP contribution in [0.5, 0.6) is 0 Å². The van der Waals surface area contributed by atoms with Crippen LogP contribution < -0.4 is 15.4 Å². The van der Waals surface area contributed by atoms with Crippen molar-refractivity contribution in [2.45, 2.75) is 46.3 Å². The summed E-state index contributed by atoms with van der Waals surface area (Å²) in [4.78, 5) is 11.3. The maximum absolute atomic E-state index is 11.3. The molecule has 0 amide bonds. The zero-order valence-corrected chi connectivity index (χ0v) is 20.0. The molecule has 0 aliphatic rings. The van der Waals surface area contributed by atoms with Gasteiger partial charge in [-0.1, -0.05) is 39.0 Å². The van der Waals surface area contributed by atoms with Crippen LogP contribution in [-0.4, -0.2) is 25.8 Å². The van der Waals surface area contributed by atoms with E-state index in [1.54, 1.807) is 24.3 Å². The minimum atomic E-state index is -3.32. The van der Waals surface area contributed by atoms with Crippen LogP contribution in [-0.2, 0) is 38.1 Å². The standard InChI is InChI=1S/C22H29N3O4S2/c1-15(26)29-14-17-12-18(22(2,3)4)7-6-16(17)13-23-21(30)24-19-8-10-20(11-9-19)25-31(5,27)28/h6-12,25H,13-14H2,1-5H3,(H2,23,24,30). The lowest BCUT2D eigenvalue weighted by Crippen LogP contribution is -2.28. The number of carbonyl (C=O) groups excluding carboxylic acids is 1. The Hall–Kier alpha value is -2.65. The van der Waals surface area contributed by atoms with Crippen LogP contribution in [0.15, 0.2) is 42.5 Å². The van der Waals surface area contributed by atoms with E-state index in [9.17, 15) is 13.2 Å². The topological polar surface area (TPSA) is 96.5 Å². The molecule has 9 heteroatoms. The second-order valence-corrected chi connectivity index (χ2v) is 10.4. The molecule has 2 rings (SSSR count). The molecule has 0 aliphatic carbocycles. The van der Waals surface area contributed by atoms with Crippen LogP contribution in [0.1, 0.15) is 44.4 Å². The first-order chi connectivity index (χ1) is 14.3. The largest absolute Gasteiger partial charge is 0.461 e. The van der Waals surface area contributed by atoms with E-state index in [-0.39, 0.29) is 18.0 Å². The molecule has 0 saturated heterocycles. The highest BCUT2D eigenvalue weighted by molar-refractivity contribution is 7.92. The smallest absolute Gasteiger partial charge is 0.302 e. The van der Waals surface area contributed by atoms with Crippen LogP contribution in [0.2, 0.25) is 0 Å². The highest BCUT2D eigenvalue weighted by Gasteiger charge is 2.16. The third-order valence-electron chi connectivity index (χ3n) is 4.39. The summed E-state index contributed by atoms with van der Waals surface area (Å²) >= 11 is 5.37. The van der Waals surface area contributed by atoms with E-state index in [2.05, 4.69) is 48.3 Å². The number of hydrogen-bond donors (Lipinski definition) is 3. The molecule has 0 saturated carbocycles. The molecule has 0 unspecified atom stereocenters. The Balaban J connectivity index is 2.04. The molecule has 0 radical (unpaired) electrons. The number of rotatable bonds is 7. The average molecular weight is 464 g/mol. The summed E-state index contributed by atoms with van der Waals surface area (Å²) in [5, 5.41) is 6.64. The van der Waals surface area contributed by atoms with Gasteiger partial charge in [-0.15, -0.1) is 0 Å². The van der Waals surface area contributed by atoms with Crippen molar-refractivity contribution in [2.24, 2.45) is 0 Å². The van der Waals surface area contributed by atoms with Crippen LogP contribution in [0, 0.1) is 0 Å². The zero-order chi connectivity index (χ0) is 23.2. The summed E-state index contributed by atoms with van der Waals surface area (Å²) in [5.41, 5.74) is 4.23. The number of esters is 1. The molecule has 0 fully saturated rings. The molecule has 2 aromatic rings. The second kappa shape index (κ2) is 10.1. The van der Waals surface area contributed by atoms with E-state index < -0.39 is 10.0 Å². The minimum absolute atomic E-state index is 0.0219. The fraction of sp³-hybridized carbons (Fsp3) is 0.364.